The number of carbonyl (C=O) groups excluding carboxylic acids is 2. The molecule has 9 nitrogen and oxygen atoms in total. The number of hydrogen-bond acceptors (Lipinski definition) is 7. The van der Waals surface area contributed by atoms with Crippen LogP contribution in [0.1, 0.15) is 36.0 Å². The molecule has 0 spiro atoms. The van der Waals surface area contributed by atoms with E-state index in [-0.39, 0.29) is 28.0 Å². The second-order valence-corrected chi connectivity index (χ2v) is 10.00. The summed E-state index contributed by atoms with van der Waals surface area (Å²) in [5, 5.41) is 2.68. The highest BCUT2D eigenvalue weighted by atomic mass is 35.5. The van der Waals surface area contributed by atoms with Crippen LogP contribution in [0.15, 0.2) is 41.3 Å². The normalized spacial score (nSPS) is 16.2. The highest BCUT2D eigenvalue weighted by Gasteiger charge is 2.26. The molecule has 2 aliphatic heterocycles. The first-order valence-electron chi connectivity index (χ1n) is 10.5. The van der Waals surface area contributed by atoms with Gasteiger partial charge in [-0.05, 0) is 49.2 Å². The van der Waals surface area contributed by atoms with Crippen LogP contribution in [0, 0.1) is 0 Å². The van der Waals surface area contributed by atoms with Gasteiger partial charge in [-0.15, -0.1) is 0 Å². The van der Waals surface area contributed by atoms with Crippen molar-refractivity contribution in [3.8, 4) is 11.5 Å². The van der Waals surface area contributed by atoms with Crippen molar-refractivity contribution in [3.05, 3.63) is 47.0 Å². The lowest BCUT2D eigenvalue weighted by atomic mass is 10.2. The Bertz CT molecular complexity index is 1160. The number of ether oxygens (including phenoxy) is 3. The number of fused-ring (bicyclic) bond motifs is 1. The van der Waals surface area contributed by atoms with Gasteiger partial charge in [-0.3, -0.25) is 4.79 Å². The second-order valence-electron chi connectivity index (χ2n) is 7.65. The molecule has 0 unspecified atom stereocenters. The first-order valence-corrected chi connectivity index (χ1v) is 12.3. The Kier molecular flexibility index (Phi) is 7.06. The summed E-state index contributed by atoms with van der Waals surface area (Å²) in [5.74, 6) is -0.431. The number of nitrogens with one attached hydrogen (secondary N) is 1. The summed E-state index contributed by atoms with van der Waals surface area (Å²) in [6.07, 6.45) is 3.62. The third-order valence-electron chi connectivity index (χ3n) is 5.36. The van der Waals surface area contributed by atoms with E-state index >= 15 is 0 Å². The van der Waals surface area contributed by atoms with Crippen molar-refractivity contribution < 1.29 is 32.2 Å². The lowest BCUT2D eigenvalue weighted by molar-refractivity contribution is -0.119. The maximum absolute atomic E-state index is 13.0. The number of sulfonamides is 1. The maximum atomic E-state index is 13.0. The van der Waals surface area contributed by atoms with E-state index in [1.54, 1.807) is 6.07 Å². The van der Waals surface area contributed by atoms with Gasteiger partial charge >= 0.3 is 5.97 Å². The van der Waals surface area contributed by atoms with E-state index in [1.165, 1.54) is 34.6 Å². The van der Waals surface area contributed by atoms with Crippen LogP contribution in [0.25, 0.3) is 0 Å². The standard InChI is InChI=1S/C22H23ClN2O7S/c23-17-7-6-16(33(28,29)25-9-3-1-2-4-10-25)12-18(17)24-21(26)13-30-22(27)15-5-8-19-20(11-15)32-14-31-19/h5-8,11-12H,1-4,9-10,13-14H2,(H,24,26). The number of halogens is 1. The average Bonchev–Trinajstić information content (AvgIpc) is 3.09. The van der Waals surface area contributed by atoms with Gasteiger partial charge < -0.3 is 19.5 Å². The summed E-state index contributed by atoms with van der Waals surface area (Å²) in [4.78, 5) is 24.6. The number of amides is 1. The van der Waals surface area contributed by atoms with Crippen LogP contribution >= 0.6 is 11.6 Å². The Morgan fingerprint density at radius 2 is 1.73 bits per heavy atom. The molecule has 0 atom stereocenters. The van der Waals surface area contributed by atoms with E-state index in [2.05, 4.69) is 5.32 Å². The zero-order valence-corrected chi connectivity index (χ0v) is 19.3. The molecular formula is C22H23ClN2O7S. The summed E-state index contributed by atoms with van der Waals surface area (Å²) in [6, 6.07) is 8.70. The molecule has 1 amide bonds. The predicted octanol–water partition coefficient (Wildman–Crippen LogP) is 3.43. The molecule has 1 saturated heterocycles. The minimum atomic E-state index is -3.71. The zero-order chi connectivity index (χ0) is 23.4. The monoisotopic (exact) mass is 494 g/mol. The molecule has 2 aliphatic rings. The number of rotatable bonds is 6. The molecule has 33 heavy (non-hydrogen) atoms. The van der Waals surface area contributed by atoms with E-state index in [0.717, 1.165) is 25.7 Å². The Balaban J connectivity index is 1.40. The molecule has 0 aliphatic carbocycles. The topological polar surface area (TPSA) is 111 Å². The fourth-order valence-corrected chi connectivity index (χ4v) is 5.32. The third kappa shape index (κ3) is 5.40. The molecule has 2 heterocycles. The molecule has 1 N–H and O–H groups in total. The number of carbonyl (C=O) groups is 2. The summed E-state index contributed by atoms with van der Waals surface area (Å²) in [5.41, 5.74) is 0.326. The van der Waals surface area contributed by atoms with Gasteiger partial charge in [0.05, 0.1) is 21.2 Å². The van der Waals surface area contributed by atoms with Gasteiger partial charge in [0.2, 0.25) is 16.8 Å². The Morgan fingerprint density at radius 1 is 1.00 bits per heavy atom. The molecule has 11 heteroatoms. The van der Waals surface area contributed by atoms with Crippen molar-refractivity contribution in [3.63, 3.8) is 0 Å². The first-order chi connectivity index (χ1) is 15.8. The van der Waals surface area contributed by atoms with E-state index in [0.29, 0.717) is 24.6 Å². The molecule has 2 aromatic rings. The number of benzene rings is 2. The van der Waals surface area contributed by atoms with Crippen molar-refractivity contribution >= 4 is 39.2 Å². The number of esters is 1. The van der Waals surface area contributed by atoms with Gasteiger partial charge in [0.1, 0.15) is 0 Å². The largest absolute Gasteiger partial charge is 0.454 e. The number of nitrogens with zero attached hydrogens (tertiary/aromatic N) is 1. The van der Waals surface area contributed by atoms with E-state index in [1.807, 2.05) is 0 Å². The lowest BCUT2D eigenvalue weighted by Crippen LogP contribution is -2.32. The van der Waals surface area contributed by atoms with Crippen LogP contribution in [0.2, 0.25) is 5.02 Å². The smallest absolute Gasteiger partial charge is 0.338 e. The molecule has 2 aromatic carbocycles. The van der Waals surface area contributed by atoms with Gasteiger partial charge in [0.25, 0.3) is 5.91 Å². The van der Waals surface area contributed by atoms with Crippen LogP contribution < -0.4 is 14.8 Å². The van der Waals surface area contributed by atoms with Crippen molar-refractivity contribution in [2.45, 2.75) is 30.6 Å². The minimum absolute atomic E-state index is 0.0430. The summed E-state index contributed by atoms with van der Waals surface area (Å²) in [6.45, 7) is 0.418. The fraction of sp³-hybridized carbons (Fsp3) is 0.364. The van der Waals surface area contributed by atoms with Gasteiger partial charge in [0, 0.05) is 13.1 Å². The Hall–Kier alpha value is -2.82. The van der Waals surface area contributed by atoms with E-state index in [4.69, 9.17) is 25.8 Å². The summed E-state index contributed by atoms with van der Waals surface area (Å²) in [7, 11) is -3.71. The number of hydrogen-bond donors (Lipinski definition) is 1. The van der Waals surface area contributed by atoms with E-state index < -0.39 is 28.5 Å². The quantitative estimate of drug-likeness (QED) is 0.612. The Morgan fingerprint density at radius 3 is 2.48 bits per heavy atom. The van der Waals surface area contributed by atoms with Crippen LogP contribution in [-0.4, -0.2) is 51.1 Å². The molecule has 176 valence electrons. The van der Waals surface area contributed by atoms with Gasteiger partial charge in [-0.2, -0.15) is 4.31 Å². The zero-order valence-electron chi connectivity index (χ0n) is 17.7. The molecule has 0 saturated carbocycles. The molecule has 0 bridgehead atoms. The van der Waals surface area contributed by atoms with Crippen molar-refractivity contribution in [1.29, 1.82) is 0 Å². The highest BCUT2D eigenvalue weighted by molar-refractivity contribution is 7.89. The summed E-state index contributed by atoms with van der Waals surface area (Å²) < 4.78 is 43.0. The van der Waals surface area contributed by atoms with Crippen LogP contribution in [0.3, 0.4) is 0 Å². The van der Waals surface area contributed by atoms with Crippen LogP contribution in [0.4, 0.5) is 5.69 Å². The van der Waals surface area contributed by atoms with Crippen molar-refractivity contribution in [2.75, 3.05) is 31.8 Å². The van der Waals surface area contributed by atoms with Crippen molar-refractivity contribution in [1.82, 2.24) is 4.31 Å². The van der Waals surface area contributed by atoms with Gasteiger partial charge in [-0.1, -0.05) is 24.4 Å². The SMILES string of the molecule is O=C(COC(=O)c1ccc2c(c1)OCO2)Nc1cc(S(=O)(=O)N2CCCCCC2)ccc1Cl. The lowest BCUT2D eigenvalue weighted by Gasteiger charge is -2.20. The fourth-order valence-electron chi connectivity index (χ4n) is 3.62. The van der Waals surface area contributed by atoms with Crippen LogP contribution in [-0.2, 0) is 19.6 Å². The third-order valence-corrected chi connectivity index (χ3v) is 7.58. The molecular weight excluding hydrogens is 472 g/mol. The molecule has 4 rings (SSSR count). The molecule has 1 fully saturated rings. The summed E-state index contributed by atoms with van der Waals surface area (Å²) >= 11 is 6.16. The van der Waals surface area contributed by atoms with Crippen molar-refractivity contribution in [2.24, 2.45) is 0 Å². The predicted molar refractivity (Wildman–Crippen MR) is 120 cm³/mol. The van der Waals surface area contributed by atoms with Crippen LogP contribution in [0.5, 0.6) is 11.5 Å². The first kappa shape index (κ1) is 23.3. The van der Waals surface area contributed by atoms with E-state index in [9.17, 15) is 18.0 Å². The minimum Gasteiger partial charge on any atom is -0.454 e. The molecule has 0 radical (unpaired) electrons. The Labute approximate surface area is 196 Å². The van der Waals surface area contributed by atoms with Gasteiger partial charge in [-0.25, -0.2) is 13.2 Å². The second kappa shape index (κ2) is 9.98. The number of anilines is 1. The van der Waals surface area contributed by atoms with Gasteiger partial charge in [0.15, 0.2) is 18.1 Å². The highest BCUT2D eigenvalue weighted by Crippen LogP contribution is 2.32. The molecule has 0 aromatic heterocycles. The average molecular weight is 495 g/mol. The maximum Gasteiger partial charge on any atom is 0.338 e.